The molecular formula is C20H26N2O5. The largest absolute Gasteiger partial charge is 0.480 e. The summed E-state index contributed by atoms with van der Waals surface area (Å²) in [6.07, 6.45) is 0.875. The van der Waals surface area contributed by atoms with E-state index in [0.717, 1.165) is 5.39 Å². The van der Waals surface area contributed by atoms with E-state index in [4.69, 9.17) is 9.15 Å². The van der Waals surface area contributed by atoms with Gasteiger partial charge in [0.05, 0.1) is 0 Å². The summed E-state index contributed by atoms with van der Waals surface area (Å²) in [7, 11) is 0. The number of carboxylic acids is 1. The Hall–Kier alpha value is -2.54. The molecule has 0 saturated carbocycles. The van der Waals surface area contributed by atoms with Gasteiger partial charge < -0.3 is 19.6 Å². The van der Waals surface area contributed by atoms with Crippen LogP contribution in [0.2, 0.25) is 0 Å². The van der Waals surface area contributed by atoms with Gasteiger partial charge in [0, 0.05) is 24.5 Å². The maximum atomic E-state index is 11.9. The predicted molar refractivity (Wildman–Crippen MR) is 101 cm³/mol. The molecule has 1 aliphatic heterocycles. The van der Waals surface area contributed by atoms with Gasteiger partial charge in [-0.15, -0.1) is 0 Å². The second-order valence-corrected chi connectivity index (χ2v) is 7.88. The Balaban J connectivity index is 1.64. The summed E-state index contributed by atoms with van der Waals surface area (Å²) in [6.45, 7) is 6.56. The van der Waals surface area contributed by atoms with Crippen molar-refractivity contribution in [1.82, 2.24) is 10.2 Å². The summed E-state index contributed by atoms with van der Waals surface area (Å²) in [5, 5.41) is 13.5. The first-order chi connectivity index (χ1) is 12.7. The smallest absolute Gasteiger partial charge is 0.407 e. The number of piperidine rings is 1. The number of nitrogens with one attached hydrogen (secondary N) is 1. The Bertz CT molecular complexity index is 782. The molecule has 1 aromatic carbocycles. The van der Waals surface area contributed by atoms with Crippen LogP contribution in [0.4, 0.5) is 4.79 Å². The van der Waals surface area contributed by atoms with Gasteiger partial charge in [-0.1, -0.05) is 18.2 Å². The lowest BCUT2D eigenvalue weighted by Gasteiger charge is -2.35. The van der Waals surface area contributed by atoms with Crippen LogP contribution in [0.15, 0.2) is 34.7 Å². The molecule has 1 amide bonds. The van der Waals surface area contributed by atoms with E-state index in [1.807, 2.05) is 49.9 Å². The molecule has 146 valence electrons. The molecule has 1 aromatic heterocycles. The third-order valence-electron chi connectivity index (χ3n) is 4.56. The van der Waals surface area contributed by atoms with E-state index in [9.17, 15) is 14.7 Å². The first-order valence-corrected chi connectivity index (χ1v) is 9.18. The number of amides is 1. The molecule has 1 saturated heterocycles. The number of carbonyl (C=O) groups is 2. The van der Waals surface area contributed by atoms with E-state index in [0.29, 0.717) is 37.3 Å². The SMILES string of the molecule is CC(C)(C)OC(=O)NC1CCN([C@@H](C(=O)O)c2cc3ccccc3o2)CC1. The van der Waals surface area contributed by atoms with Crippen molar-refractivity contribution in [3.63, 3.8) is 0 Å². The third-order valence-corrected chi connectivity index (χ3v) is 4.56. The number of carbonyl (C=O) groups excluding carboxylic acids is 1. The molecule has 0 aliphatic carbocycles. The summed E-state index contributed by atoms with van der Waals surface area (Å²) in [6, 6.07) is 8.41. The lowest BCUT2D eigenvalue weighted by molar-refractivity contribution is -0.144. The van der Waals surface area contributed by atoms with Crippen LogP contribution < -0.4 is 5.32 Å². The van der Waals surface area contributed by atoms with Crippen LogP contribution in [0.5, 0.6) is 0 Å². The molecule has 2 N–H and O–H groups in total. The minimum Gasteiger partial charge on any atom is -0.480 e. The summed E-state index contributed by atoms with van der Waals surface area (Å²) in [4.78, 5) is 25.7. The Morgan fingerprint density at radius 2 is 1.93 bits per heavy atom. The van der Waals surface area contributed by atoms with Crippen molar-refractivity contribution >= 4 is 23.0 Å². The van der Waals surface area contributed by atoms with E-state index >= 15 is 0 Å². The molecule has 1 atom stereocenters. The van der Waals surface area contributed by atoms with Gasteiger partial charge in [-0.2, -0.15) is 0 Å². The Morgan fingerprint density at radius 3 is 2.52 bits per heavy atom. The molecule has 1 aliphatic rings. The Morgan fingerprint density at radius 1 is 1.26 bits per heavy atom. The molecule has 0 bridgehead atoms. The second-order valence-electron chi connectivity index (χ2n) is 7.88. The van der Waals surface area contributed by atoms with Gasteiger partial charge in [-0.3, -0.25) is 9.69 Å². The van der Waals surface area contributed by atoms with Crippen LogP contribution in [-0.4, -0.2) is 46.8 Å². The second kappa shape index (κ2) is 7.60. The van der Waals surface area contributed by atoms with Gasteiger partial charge in [-0.25, -0.2) is 4.79 Å². The van der Waals surface area contributed by atoms with Gasteiger partial charge in [0.1, 0.15) is 16.9 Å². The van der Waals surface area contributed by atoms with E-state index in [-0.39, 0.29) is 6.04 Å². The first-order valence-electron chi connectivity index (χ1n) is 9.18. The number of hydrogen-bond acceptors (Lipinski definition) is 5. The predicted octanol–water partition coefficient (Wildman–Crippen LogP) is 3.55. The summed E-state index contributed by atoms with van der Waals surface area (Å²) in [5.74, 6) is -0.505. The average Bonchev–Trinajstić information content (AvgIpc) is 2.97. The van der Waals surface area contributed by atoms with Gasteiger partial charge in [0.15, 0.2) is 6.04 Å². The van der Waals surface area contributed by atoms with Crippen molar-refractivity contribution in [2.24, 2.45) is 0 Å². The van der Waals surface area contributed by atoms with Crippen molar-refractivity contribution in [3.05, 3.63) is 36.1 Å². The minimum absolute atomic E-state index is 0.0266. The summed E-state index contributed by atoms with van der Waals surface area (Å²) in [5.41, 5.74) is 0.140. The molecule has 0 unspecified atom stereocenters. The molecule has 0 spiro atoms. The molecule has 2 aromatic rings. The molecule has 27 heavy (non-hydrogen) atoms. The van der Waals surface area contributed by atoms with Crippen molar-refractivity contribution in [2.45, 2.75) is 51.3 Å². The quantitative estimate of drug-likeness (QED) is 0.850. The van der Waals surface area contributed by atoms with Crippen molar-refractivity contribution in [3.8, 4) is 0 Å². The fourth-order valence-electron chi connectivity index (χ4n) is 3.37. The van der Waals surface area contributed by atoms with Crippen molar-refractivity contribution < 1.29 is 23.8 Å². The molecule has 7 heteroatoms. The summed E-state index contributed by atoms with van der Waals surface area (Å²) >= 11 is 0. The number of hydrogen-bond donors (Lipinski definition) is 2. The van der Waals surface area contributed by atoms with Crippen LogP contribution in [0.1, 0.15) is 45.4 Å². The Labute approximate surface area is 158 Å². The highest BCUT2D eigenvalue weighted by Gasteiger charge is 2.34. The topological polar surface area (TPSA) is 92.0 Å². The van der Waals surface area contributed by atoms with Crippen molar-refractivity contribution in [2.75, 3.05) is 13.1 Å². The number of aliphatic carboxylic acids is 1. The highest BCUT2D eigenvalue weighted by Crippen LogP contribution is 2.30. The van der Waals surface area contributed by atoms with E-state index in [2.05, 4.69) is 5.32 Å². The molecular weight excluding hydrogens is 348 g/mol. The number of fused-ring (bicyclic) bond motifs is 1. The number of ether oxygens (including phenoxy) is 1. The average molecular weight is 374 g/mol. The molecule has 0 radical (unpaired) electrons. The van der Waals surface area contributed by atoms with Crippen molar-refractivity contribution in [1.29, 1.82) is 0 Å². The van der Waals surface area contributed by atoms with E-state index in [1.165, 1.54) is 0 Å². The lowest BCUT2D eigenvalue weighted by Crippen LogP contribution is -2.48. The van der Waals surface area contributed by atoms with Gasteiger partial charge in [0.2, 0.25) is 0 Å². The number of benzene rings is 1. The van der Waals surface area contributed by atoms with Crippen LogP contribution >= 0.6 is 0 Å². The van der Waals surface area contributed by atoms with Crippen LogP contribution in [0.3, 0.4) is 0 Å². The van der Waals surface area contributed by atoms with Crippen LogP contribution in [-0.2, 0) is 9.53 Å². The molecule has 2 heterocycles. The standard InChI is InChI=1S/C20H26N2O5/c1-20(2,3)27-19(25)21-14-8-10-22(11-9-14)17(18(23)24)16-12-13-6-4-5-7-15(13)26-16/h4-7,12,14,17H,8-11H2,1-3H3,(H,21,25)(H,23,24)/t17-/m1/s1. The minimum atomic E-state index is -0.937. The zero-order chi connectivity index (χ0) is 19.6. The number of nitrogens with zero attached hydrogens (tertiary/aromatic N) is 1. The number of likely N-dealkylation sites (tertiary alicyclic amines) is 1. The van der Waals surface area contributed by atoms with Gasteiger partial charge in [0.25, 0.3) is 0 Å². The molecule has 1 fully saturated rings. The van der Waals surface area contributed by atoms with Crippen LogP contribution in [0.25, 0.3) is 11.0 Å². The Kier molecular flexibility index (Phi) is 5.41. The highest BCUT2D eigenvalue weighted by molar-refractivity contribution is 5.81. The number of alkyl carbamates (subject to hydrolysis) is 1. The number of rotatable bonds is 4. The van der Waals surface area contributed by atoms with Gasteiger partial charge in [-0.05, 0) is 45.7 Å². The van der Waals surface area contributed by atoms with E-state index in [1.54, 1.807) is 6.07 Å². The maximum Gasteiger partial charge on any atom is 0.407 e. The third kappa shape index (κ3) is 4.80. The van der Waals surface area contributed by atoms with Crippen LogP contribution in [0, 0.1) is 0 Å². The monoisotopic (exact) mass is 374 g/mol. The molecule has 7 nitrogen and oxygen atoms in total. The number of carboxylic acid groups (broad SMARTS) is 1. The zero-order valence-electron chi connectivity index (χ0n) is 15.9. The molecule has 3 rings (SSSR count). The first kappa shape index (κ1) is 19.2. The lowest BCUT2D eigenvalue weighted by atomic mass is 10.0. The highest BCUT2D eigenvalue weighted by atomic mass is 16.6. The number of para-hydroxylation sites is 1. The fourth-order valence-corrected chi connectivity index (χ4v) is 3.37. The van der Waals surface area contributed by atoms with E-state index < -0.39 is 23.7 Å². The summed E-state index contributed by atoms with van der Waals surface area (Å²) < 4.78 is 11.1. The number of furan rings is 1. The maximum absolute atomic E-state index is 11.9. The normalized spacial score (nSPS) is 17.6. The zero-order valence-corrected chi connectivity index (χ0v) is 15.9. The van der Waals surface area contributed by atoms with Gasteiger partial charge >= 0.3 is 12.1 Å². The fraction of sp³-hybridized carbons (Fsp3) is 0.500.